The molecular weight excluding hydrogens is 347 g/mol. The number of carbonyl (C=O) groups excluding carboxylic acids is 2. The van der Waals surface area contributed by atoms with E-state index in [0.717, 1.165) is 12.8 Å². The van der Waals surface area contributed by atoms with Crippen LogP contribution in [0.25, 0.3) is 0 Å². The normalized spacial score (nSPS) is 15.7. The first kappa shape index (κ1) is 17.4. The van der Waals surface area contributed by atoms with Gasteiger partial charge in [0, 0.05) is 36.5 Å². The van der Waals surface area contributed by atoms with Gasteiger partial charge in [0.15, 0.2) is 0 Å². The van der Waals surface area contributed by atoms with Crippen molar-refractivity contribution in [2.45, 2.75) is 25.3 Å². The van der Waals surface area contributed by atoms with Crippen molar-refractivity contribution in [3.05, 3.63) is 33.8 Å². The minimum Gasteiger partial charge on any atom is -0.353 e. The average molecular weight is 364 g/mol. The fourth-order valence-electron chi connectivity index (χ4n) is 2.44. The number of benzene rings is 1. The van der Waals surface area contributed by atoms with Gasteiger partial charge in [-0.05, 0) is 31.0 Å². The summed E-state index contributed by atoms with van der Waals surface area (Å²) in [5.41, 5.74) is 0.416. The molecule has 22 heavy (non-hydrogen) atoms. The second-order valence-corrected chi connectivity index (χ2v) is 6.42. The van der Waals surface area contributed by atoms with Gasteiger partial charge in [0.2, 0.25) is 5.91 Å². The molecule has 0 atom stereocenters. The van der Waals surface area contributed by atoms with Gasteiger partial charge in [-0.1, -0.05) is 23.2 Å². The maximum atomic E-state index is 12.5. The van der Waals surface area contributed by atoms with Crippen LogP contribution in [0.2, 0.25) is 10.0 Å². The van der Waals surface area contributed by atoms with Crippen LogP contribution in [0, 0.1) is 0 Å². The third-order valence-corrected chi connectivity index (χ3v) is 4.38. The van der Waals surface area contributed by atoms with Crippen LogP contribution in [0.1, 0.15) is 29.6 Å². The number of amides is 2. The van der Waals surface area contributed by atoms with Crippen LogP contribution in [0.4, 0.5) is 0 Å². The summed E-state index contributed by atoms with van der Waals surface area (Å²) < 4.78 is 0. The topological polar surface area (TPSA) is 49.4 Å². The lowest BCUT2D eigenvalue weighted by atomic mass is 10.0. The molecule has 1 saturated heterocycles. The standard InChI is InChI=1S/C15H17Cl3N2O2/c16-6-3-14(21)19-11-4-7-20(8-5-11)15(22)12-9-10(17)1-2-13(12)18/h1-2,9,11H,3-8H2,(H,19,21). The number of hydrogen-bond acceptors (Lipinski definition) is 2. The quantitative estimate of drug-likeness (QED) is 0.834. The van der Waals surface area contributed by atoms with Crippen molar-refractivity contribution in [3.8, 4) is 0 Å². The lowest BCUT2D eigenvalue weighted by Crippen LogP contribution is -2.46. The largest absolute Gasteiger partial charge is 0.353 e. The lowest BCUT2D eigenvalue weighted by Gasteiger charge is -2.32. The third kappa shape index (κ3) is 4.51. The predicted octanol–water partition coefficient (Wildman–Crippen LogP) is 3.34. The number of halogens is 3. The highest BCUT2D eigenvalue weighted by molar-refractivity contribution is 6.35. The summed E-state index contributed by atoms with van der Waals surface area (Å²) in [5.74, 6) is 0.145. The van der Waals surface area contributed by atoms with E-state index in [0.29, 0.717) is 41.0 Å². The zero-order chi connectivity index (χ0) is 16.1. The molecule has 0 radical (unpaired) electrons. The molecule has 4 nitrogen and oxygen atoms in total. The first-order valence-corrected chi connectivity index (χ1v) is 8.40. The van der Waals surface area contributed by atoms with Crippen LogP contribution in [0.5, 0.6) is 0 Å². The number of rotatable bonds is 4. The molecule has 1 fully saturated rings. The average Bonchev–Trinajstić information content (AvgIpc) is 2.50. The minimum atomic E-state index is -0.127. The SMILES string of the molecule is O=C(CCCl)NC1CCN(C(=O)c2cc(Cl)ccc2Cl)CC1. The van der Waals surface area contributed by atoms with Gasteiger partial charge in [0.05, 0.1) is 10.6 Å². The zero-order valence-electron chi connectivity index (χ0n) is 11.9. The Morgan fingerprint density at radius 3 is 2.55 bits per heavy atom. The lowest BCUT2D eigenvalue weighted by molar-refractivity contribution is -0.121. The second-order valence-electron chi connectivity index (χ2n) is 5.20. The summed E-state index contributed by atoms with van der Waals surface area (Å²) in [6, 6.07) is 4.95. The Kier molecular flexibility index (Phi) is 6.36. The Labute approximate surface area is 144 Å². The number of likely N-dealkylation sites (tertiary alicyclic amines) is 1. The van der Waals surface area contributed by atoms with E-state index in [4.69, 9.17) is 34.8 Å². The van der Waals surface area contributed by atoms with Gasteiger partial charge in [-0.25, -0.2) is 0 Å². The highest BCUT2D eigenvalue weighted by atomic mass is 35.5. The maximum Gasteiger partial charge on any atom is 0.255 e. The van der Waals surface area contributed by atoms with Gasteiger partial charge in [-0.2, -0.15) is 0 Å². The van der Waals surface area contributed by atoms with Crippen LogP contribution in [0.15, 0.2) is 18.2 Å². The van der Waals surface area contributed by atoms with Crippen LogP contribution < -0.4 is 5.32 Å². The molecule has 0 spiro atoms. The van der Waals surface area contributed by atoms with Crippen LogP contribution >= 0.6 is 34.8 Å². The van der Waals surface area contributed by atoms with Crippen molar-refractivity contribution in [3.63, 3.8) is 0 Å². The molecule has 1 aliphatic heterocycles. The molecule has 0 aliphatic carbocycles. The van der Waals surface area contributed by atoms with E-state index in [2.05, 4.69) is 5.32 Å². The van der Waals surface area contributed by atoms with Crippen LogP contribution in [-0.2, 0) is 4.79 Å². The molecule has 1 aromatic carbocycles. The Bertz CT molecular complexity index is 558. The summed E-state index contributed by atoms with van der Waals surface area (Å²) in [6.45, 7) is 1.15. The van der Waals surface area contributed by atoms with Gasteiger partial charge in [-0.3, -0.25) is 9.59 Å². The molecule has 1 heterocycles. The fourth-order valence-corrected chi connectivity index (χ4v) is 2.99. The second kappa shape index (κ2) is 8.04. The molecule has 0 bridgehead atoms. The number of carbonyl (C=O) groups is 2. The van der Waals surface area contributed by atoms with Crippen molar-refractivity contribution in [2.24, 2.45) is 0 Å². The van der Waals surface area contributed by atoms with Gasteiger partial charge in [0.1, 0.15) is 0 Å². The molecule has 7 heteroatoms. The summed E-state index contributed by atoms with van der Waals surface area (Å²) in [7, 11) is 0. The van der Waals surface area contributed by atoms with E-state index in [-0.39, 0.29) is 17.9 Å². The zero-order valence-corrected chi connectivity index (χ0v) is 14.2. The van der Waals surface area contributed by atoms with E-state index in [9.17, 15) is 9.59 Å². The van der Waals surface area contributed by atoms with Gasteiger partial charge in [-0.15, -0.1) is 11.6 Å². The first-order valence-electron chi connectivity index (χ1n) is 7.11. The minimum absolute atomic E-state index is 0.0438. The van der Waals surface area contributed by atoms with Crippen molar-refractivity contribution >= 4 is 46.6 Å². The Morgan fingerprint density at radius 2 is 1.91 bits per heavy atom. The van der Waals surface area contributed by atoms with Gasteiger partial charge < -0.3 is 10.2 Å². The number of nitrogens with zero attached hydrogens (tertiary/aromatic N) is 1. The predicted molar refractivity (Wildman–Crippen MR) is 88.9 cm³/mol. The molecular formula is C15H17Cl3N2O2. The Morgan fingerprint density at radius 1 is 1.23 bits per heavy atom. The van der Waals surface area contributed by atoms with Gasteiger partial charge in [0.25, 0.3) is 5.91 Å². The van der Waals surface area contributed by atoms with E-state index >= 15 is 0 Å². The van der Waals surface area contributed by atoms with E-state index < -0.39 is 0 Å². The number of hydrogen-bond donors (Lipinski definition) is 1. The van der Waals surface area contributed by atoms with Crippen LogP contribution in [-0.4, -0.2) is 41.7 Å². The summed E-state index contributed by atoms with van der Waals surface area (Å²) in [5, 5.41) is 3.81. The smallest absolute Gasteiger partial charge is 0.255 e. The molecule has 2 amide bonds. The maximum absolute atomic E-state index is 12.5. The van der Waals surface area contributed by atoms with E-state index in [1.54, 1.807) is 23.1 Å². The number of piperidine rings is 1. The molecule has 1 N–H and O–H groups in total. The highest BCUT2D eigenvalue weighted by Gasteiger charge is 2.25. The van der Waals surface area contributed by atoms with Crippen molar-refractivity contribution in [2.75, 3.05) is 19.0 Å². The molecule has 1 aliphatic rings. The third-order valence-electron chi connectivity index (χ3n) is 3.63. The Balaban J connectivity index is 1.92. The summed E-state index contributed by atoms with van der Waals surface area (Å²) in [4.78, 5) is 25.7. The molecule has 1 aromatic rings. The molecule has 120 valence electrons. The number of nitrogens with one attached hydrogen (secondary N) is 1. The van der Waals surface area contributed by atoms with Crippen molar-refractivity contribution in [1.29, 1.82) is 0 Å². The number of alkyl halides is 1. The fraction of sp³-hybridized carbons (Fsp3) is 0.467. The molecule has 2 rings (SSSR count). The van der Waals surface area contributed by atoms with E-state index in [1.165, 1.54) is 0 Å². The summed E-state index contributed by atoms with van der Waals surface area (Å²) in [6.07, 6.45) is 1.76. The van der Waals surface area contributed by atoms with Crippen molar-refractivity contribution < 1.29 is 9.59 Å². The molecule has 0 saturated carbocycles. The van der Waals surface area contributed by atoms with Gasteiger partial charge >= 0.3 is 0 Å². The highest BCUT2D eigenvalue weighted by Crippen LogP contribution is 2.23. The van der Waals surface area contributed by atoms with Crippen LogP contribution in [0.3, 0.4) is 0 Å². The van der Waals surface area contributed by atoms with E-state index in [1.807, 2.05) is 0 Å². The van der Waals surface area contributed by atoms with Crippen molar-refractivity contribution in [1.82, 2.24) is 10.2 Å². The monoisotopic (exact) mass is 362 g/mol. The molecule has 0 aromatic heterocycles. The first-order chi connectivity index (χ1) is 10.5. The Hall–Kier alpha value is -0.970. The molecule has 0 unspecified atom stereocenters. The summed E-state index contributed by atoms with van der Waals surface area (Å²) >= 11 is 17.5.